The van der Waals surface area contributed by atoms with E-state index in [1.54, 1.807) is 11.8 Å². The number of rotatable bonds is 1. The fourth-order valence-corrected chi connectivity index (χ4v) is 1.99. The van der Waals surface area contributed by atoms with Crippen molar-refractivity contribution >= 4 is 15.9 Å². The van der Waals surface area contributed by atoms with E-state index in [1.165, 1.54) is 0 Å². The predicted octanol–water partition coefficient (Wildman–Crippen LogP) is 2.20. The number of halogens is 1. The molecule has 0 amide bonds. The molecule has 0 saturated carbocycles. The maximum Gasteiger partial charge on any atom is 0.321 e. The third kappa shape index (κ3) is 1.46. The second kappa shape index (κ2) is 3.48. The normalized spacial score (nSPS) is 12.6. The number of hydrogen-bond acceptors (Lipinski definition) is 4. The fraction of sp³-hybridized carbons (Fsp3) is 0.200. The zero-order valence-electron chi connectivity index (χ0n) is 8.48. The quantitative estimate of drug-likeness (QED) is 0.686. The largest absolute Gasteiger partial charge is 0.497 e. The third-order valence-corrected chi connectivity index (χ3v) is 2.74. The zero-order chi connectivity index (χ0) is 11.1. The Bertz CT molecular complexity index is 553. The van der Waals surface area contributed by atoms with Crippen LogP contribution in [0.3, 0.4) is 0 Å². The van der Waals surface area contributed by atoms with Crippen molar-refractivity contribution in [2.45, 2.75) is 6.54 Å². The van der Waals surface area contributed by atoms with E-state index in [4.69, 9.17) is 9.47 Å². The Kier molecular flexibility index (Phi) is 2.10. The molecule has 0 atom stereocenters. The van der Waals surface area contributed by atoms with Crippen molar-refractivity contribution in [2.75, 3.05) is 7.11 Å². The van der Waals surface area contributed by atoms with Gasteiger partial charge in [0.1, 0.15) is 11.5 Å². The minimum Gasteiger partial charge on any atom is -0.497 e. The average molecular weight is 282 g/mol. The predicted molar refractivity (Wildman–Crippen MR) is 59.9 cm³/mol. The highest BCUT2D eigenvalue weighted by Gasteiger charge is 2.20. The Morgan fingerprint density at radius 2 is 2.38 bits per heavy atom. The van der Waals surface area contributed by atoms with Crippen LogP contribution in [0, 0.1) is 0 Å². The van der Waals surface area contributed by atoms with Gasteiger partial charge in [-0.15, -0.1) is 5.10 Å². The molecule has 5 nitrogen and oxygen atoms in total. The van der Waals surface area contributed by atoms with Gasteiger partial charge in [-0.3, -0.25) is 0 Å². The molecule has 0 fully saturated rings. The van der Waals surface area contributed by atoms with E-state index in [2.05, 4.69) is 26.0 Å². The first kappa shape index (κ1) is 9.65. The number of ether oxygens (including phenoxy) is 2. The highest BCUT2D eigenvalue weighted by atomic mass is 79.9. The van der Waals surface area contributed by atoms with Crippen LogP contribution in [0.1, 0.15) is 5.56 Å². The molecule has 2 heterocycles. The van der Waals surface area contributed by atoms with Gasteiger partial charge in [0.05, 0.1) is 13.7 Å². The van der Waals surface area contributed by atoms with Crippen LogP contribution in [0.5, 0.6) is 17.5 Å². The lowest BCUT2D eigenvalue weighted by molar-refractivity contribution is 0.370. The minimum atomic E-state index is 0.504. The summed E-state index contributed by atoms with van der Waals surface area (Å²) < 4.78 is 13.0. The van der Waals surface area contributed by atoms with Gasteiger partial charge in [0.2, 0.25) is 4.73 Å². The molecule has 82 valence electrons. The molecule has 0 spiro atoms. The van der Waals surface area contributed by atoms with E-state index < -0.39 is 0 Å². The van der Waals surface area contributed by atoms with Crippen LogP contribution < -0.4 is 9.47 Å². The molecule has 0 unspecified atom stereocenters. The van der Waals surface area contributed by atoms with Crippen molar-refractivity contribution in [3.05, 3.63) is 28.5 Å². The van der Waals surface area contributed by atoms with Gasteiger partial charge in [-0.05, 0) is 34.1 Å². The SMILES string of the molecule is COc1ccc2c(c1)Cn1nc(Br)nc1O2. The molecule has 16 heavy (non-hydrogen) atoms. The molecular weight excluding hydrogens is 274 g/mol. The fourth-order valence-electron chi connectivity index (χ4n) is 1.65. The Labute approximate surface area is 100 Å². The van der Waals surface area contributed by atoms with Crippen molar-refractivity contribution < 1.29 is 9.47 Å². The van der Waals surface area contributed by atoms with E-state index in [-0.39, 0.29) is 0 Å². The highest BCUT2D eigenvalue weighted by molar-refractivity contribution is 9.10. The molecule has 0 saturated heterocycles. The topological polar surface area (TPSA) is 49.2 Å². The van der Waals surface area contributed by atoms with E-state index in [0.29, 0.717) is 17.3 Å². The van der Waals surface area contributed by atoms with Crippen molar-refractivity contribution in [3.8, 4) is 17.5 Å². The van der Waals surface area contributed by atoms with Gasteiger partial charge < -0.3 is 9.47 Å². The molecule has 0 aliphatic carbocycles. The molecule has 1 aromatic carbocycles. The molecule has 6 heteroatoms. The summed E-state index contributed by atoms with van der Waals surface area (Å²) in [6.45, 7) is 0.639. The summed E-state index contributed by atoms with van der Waals surface area (Å²) >= 11 is 3.22. The molecule has 1 aromatic heterocycles. The number of nitrogens with zero attached hydrogens (tertiary/aromatic N) is 3. The first-order chi connectivity index (χ1) is 7.76. The van der Waals surface area contributed by atoms with Crippen LogP contribution in [0.4, 0.5) is 0 Å². The lowest BCUT2D eigenvalue weighted by Crippen LogP contribution is -2.11. The number of aromatic nitrogens is 3. The standard InChI is InChI=1S/C10H8BrN3O2/c1-15-7-2-3-8-6(4-7)5-14-10(16-8)12-9(11)13-14/h2-4H,5H2,1H3. The number of hydrogen-bond donors (Lipinski definition) is 0. The van der Waals surface area contributed by atoms with Gasteiger partial charge >= 0.3 is 6.01 Å². The van der Waals surface area contributed by atoms with E-state index in [9.17, 15) is 0 Å². The Hall–Kier alpha value is -1.56. The van der Waals surface area contributed by atoms with Crippen LogP contribution in [-0.2, 0) is 6.54 Å². The van der Waals surface area contributed by atoms with Gasteiger partial charge in [0.25, 0.3) is 0 Å². The van der Waals surface area contributed by atoms with Gasteiger partial charge in [-0.2, -0.15) is 4.98 Å². The summed E-state index contributed by atoms with van der Waals surface area (Å²) in [6, 6.07) is 6.18. The van der Waals surface area contributed by atoms with Gasteiger partial charge in [0.15, 0.2) is 0 Å². The lowest BCUT2D eigenvalue weighted by Gasteiger charge is -2.17. The first-order valence-corrected chi connectivity index (χ1v) is 5.50. The van der Waals surface area contributed by atoms with E-state index in [1.807, 2.05) is 18.2 Å². The van der Waals surface area contributed by atoms with Gasteiger partial charge in [-0.25, -0.2) is 4.68 Å². The maximum absolute atomic E-state index is 5.60. The lowest BCUT2D eigenvalue weighted by atomic mass is 10.2. The summed E-state index contributed by atoms with van der Waals surface area (Å²) in [5.74, 6) is 1.61. The van der Waals surface area contributed by atoms with Crippen LogP contribution in [-0.4, -0.2) is 21.9 Å². The highest BCUT2D eigenvalue weighted by Crippen LogP contribution is 2.33. The Morgan fingerprint density at radius 1 is 1.50 bits per heavy atom. The number of benzene rings is 1. The van der Waals surface area contributed by atoms with Crippen LogP contribution in [0.15, 0.2) is 22.9 Å². The van der Waals surface area contributed by atoms with Crippen LogP contribution in [0.25, 0.3) is 0 Å². The summed E-state index contributed by atoms with van der Waals surface area (Å²) in [7, 11) is 1.64. The molecule has 3 rings (SSSR count). The van der Waals surface area contributed by atoms with Crippen molar-refractivity contribution in [1.29, 1.82) is 0 Å². The molecule has 0 radical (unpaired) electrons. The summed E-state index contributed by atoms with van der Waals surface area (Å²) in [5, 5.41) is 4.16. The Morgan fingerprint density at radius 3 is 3.19 bits per heavy atom. The van der Waals surface area contributed by atoms with E-state index >= 15 is 0 Å². The summed E-state index contributed by atoms with van der Waals surface area (Å²) in [5.41, 5.74) is 1.03. The molecule has 1 aliphatic rings. The maximum atomic E-state index is 5.60. The van der Waals surface area contributed by atoms with Crippen molar-refractivity contribution in [1.82, 2.24) is 14.8 Å². The van der Waals surface area contributed by atoms with Crippen LogP contribution in [0.2, 0.25) is 0 Å². The number of methoxy groups -OCH3 is 1. The molecule has 2 aromatic rings. The molecule has 0 bridgehead atoms. The van der Waals surface area contributed by atoms with Crippen LogP contribution >= 0.6 is 15.9 Å². The second-order valence-corrected chi connectivity index (χ2v) is 4.11. The Balaban J connectivity index is 2.04. The van der Waals surface area contributed by atoms with E-state index in [0.717, 1.165) is 17.1 Å². The molecular formula is C10H8BrN3O2. The molecule has 0 N–H and O–H groups in total. The van der Waals surface area contributed by atoms with Gasteiger partial charge in [0, 0.05) is 5.56 Å². The summed E-state index contributed by atoms with van der Waals surface area (Å²) in [6.07, 6.45) is 0. The smallest absolute Gasteiger partial charge is 0.321 e. The minimum absolute atomic E-state index is 0.504. The van der Waals surface area contributed by atoms with Crippen molar-refractivity contribution in [2.24, 2.45) is 0 Å². The second-order valence-electron chi connectivity index (χ2n) is 3.40. The number of fused-ring (bicyclic) bond motifs is 2. The first-order valence-electron chi connectivity index (χ1n) is 4.71. The third-order valence-electron chi connectivity index (χ3n) is 2.40. The average Bonchev–Trinajstić information content (AvgIpc) is 2.64. The summed E-state index contributed by atoms with van der Waals surface area (Å²) in [4.78, 5) is 4.11. The zero-order valence-corrected chi connectivity index (χ0v) is 10.1. The molecule has 1 aliphatic heterocycles. The van der Waals surface area contributed by atoms with Crippen molar-refractivity contribution in [3.63, 3.8) is 0 Å². The van der Waals surface area contributed by atoms with Gasteiger partial charge in [-0.1, -0.05) is 0 Å². The monoisotopic (exact) mass is 281 g/mol.